The largest absolute Gasteiger partial charge is 0.492 e. The number of carbonyl (C=O) groups excluding carboxylic acids is 1. The Labute approximate surface area is 95.8 Å². The summed E-state index contributed by atoms with van der Waals surface area (Å²) in [4.78, 5) is 11.7. The molecule has 0 fully saturated rings. The summed E-state index contributed by atoms with van der Waals surface area (Å²) in [6.07, 6.45) is 0. The number of nitrogens with one attached hydrogen (secondary N) is 1. The SMILES string of the molecule is CCOc1ccccc1NC(=O)C(C)CN. The highest BCUT2D eigenvalue weighted by Gasteiger charge is 2.12. The average molecular weight is 222 g/mol. The van der Waals surface area contributed by atoms with Gasteiger partial charge in [-0.3, -0.25) is 4.79 Å². The molecule has 0 saturated carbocycles. The number of amides is 1. The molecule has 0 radical (unpaired) electrons. The van der Waals surface area contributed by atoms with Crippen molar-refractivity contribution in [1.82, 2.24) is 0 Å². The van der Waals surface area contributed by atoms with Crippen LogP contribution in [0, 0.1) is 5.92 Å². The topological polar surface area (TPSA) is 64.3 Å². The first-order chi connectivity index (χ1) is 7.69. The van der Waals surface area contributed by atoms with E-state index in [-0.39, 0.29) is 11.8 Å². The van der Waals surface area contributed by atoms with E-state index in [9.17, 15) is 4.79 Å². The lowest BCUT2D eigenvalue weighted by Crippen LogP contribution is -2.26. The maximum Gasteiger partial charge on any atom is 0.228 e. The molecular formula is C12H18N2O2. The van der Waals surface area contributed by atoms with Crippen LogP contribution in [-0.4, -0.2) is 19.1 Å². The number of hydrogen-bond donors (Lipinski definition) is 2. The van der Waals surface area contributed by atoms with Gasteiger partial charge in [0.2, 0.25) is 5.91 Å². The van der Waals surface area contributed by atoms with Gasteiger partial charge in [-0.2, -0.15) is 0 Å². The van der Waals surface area contributed by atoms with Crippen molar-refractivity contribution in [2.24, 2.45) is 11.7 Å². The summed E-state index contributed by atoms with van der Waals surface area (Å²) in [5.41, 5.74) is 6.12. The summed E-state index contributed by atoms with van der Waals surface area (Å²) in [5.74, 6) is 0.395. The van der Waals surface area contributed by atoms with Gasteiger partial charge in [-0.25, -0.2) is 0 Å². The molecule has 1 atom stereocenters. The summed E-state index contributed by atoms with van der Waals surface area (Å²) in [6, 6.07) is 7.36. The second-order valence-corrected chi connectivity index (χ2v) is 3.56. The Morgan fingerprint density at radius 1 is 1.50 bits per heavy atom. The third kappa shape index (κ3) is 3.24. The molecule has 1 amide bonds. The monoisotopic (exact) mass is 222 g/mol. The molecule has 0 heterocycles. The standard InChI is InChI=1S/C12H18N2O2/c1-3-16-11-7-5-4-6-10(11)14-12(15)9(2)8-13/h4-7,9H,3,8,13H2,1-2H3,(H,14,15). The first-order valence-corrected chi connectivity index (χ1v) is 5.41. The first kappa shape index (κ1) is 12.5. The van der Waals surface area contributed by atoms with Crippen LogP contribution in [0.5, 0.6) is 5.75 Å². The number of benzene rings is 1. The highest BCUT2D eigenvalue weighted by Crippen LogP contribution is 2.23. The second kappa shape index (κ2) is 6.12. The van der Waals surface area contributed by atoms with Crippen LogP contribution < -0.4 is 15.8 Å². The maximum absolute atomic E-state index is 11.7. The molecule has 1 aromatic carbocycles. The molecule has 4 heteroatoms. The van der Waals surface area contributed by atoms with E-state index in [4.69, 9.17) is 10.5 Å². The molecule has 16 heavy (non-hydrogen) atoms. The summed E-state index contributed by atoms with van der Waals surface area (Å²) in [7, 11) is 0. The van der Waals surface area contributed by atoms with Crippen molar-refractivity contribution in [3.63, 3.8) is 0 Å². The van der Waals surface area contributed by atoms with Gasteiger partial charge in [0.25, 0.3) is 0 Å². The minimum absolute atomic E-state index is 0.0883. The molecule has 1 rings (SSSR count). The third-order valence-electron chi connectivity index (χ3n) is 2.25. The van der Waals surface area contributed by atoms with Crippen molar-refractivity contribution in [2.75, 3.05) is 18.5 Å². The number of rotatable bonds is 5. The Kier molecular flexibility index (Phi) is 4.79. The second-order valence-electron chi connectivity index (χ2n) is 3.56. The van der Waals surface area contributed by atoms with Crippen LogP contribution in [-0.2, 0) is 4.79 Å². The molecule has 0 saturated heterocycles. The van der Waals surface area contributed by atoms with Crippen LogP contribution in [0.1, 0.15) is 13.8 Å². The summed E-state index contributed by atoms with van der Waals surface area (Å²) < 4.78 is 5.41. The molecule has 1 unspecified atom stereocenters. The Bertz CT molecular complexity index is 353. The van der Waals surface area contributed by atoms with E-state index in [1.54, 1.807) is 6.92 Å². The van der Waals surface area contributed by atoms with E-state index in [1.807, 2.05) is 31.2 Å². The molecule has 4 nitrogen and oxygen atoms in total. The van der Waals surface area contributed by atoms with E-state index in [2.05, 4.69) is 5.32 Å². The average Bonchev–Trinajstić information content (AvgIpc) is 2.31. The minimum atomic E-state index is -0.199. The molecule has 0 bridgehead atoms. The number of para-hydroxylation sites is 2. The molecule has 0 spiro atoms. The molecule has 88 valence electrons. The normalized spacial score (nSPS) is 11.9. The van der Waals surface area contributed by atoms with Gasteiger partial charge >= 0.3 is 0 Å². The van der Waals surface area contributed by atoms with Crippen LogP contribution in [0.3, 0.4) is 0 Å². The first-order valence-electron chi connectivity index (χ1n) is 5.41. The van der Waals surface area contributed by atoms with Crippen molar-refractivity contribution in [2.45, 2.75) is 13.8 Å². The fourth-order valence-electron chi connectivity index (χ4n) is 1.21. The molecule has 0 aliphatic heterocycles. The van der Waals surface area contributed by atoms with E-state index < -0.39 is 0 Å². The lowest BCUT2D eigenvalue weighted by Gasteiger charge is -2.13. The van der Waals surface area contributed by atoms with Crippen molar-refractivity contribution in [3.05, 3.63) is 24.3 Å². The predicted molar refractivity (Wildman–Crippen MR) is 64.5 cm³/mol. The van der Waals surface area contributed by atoms with Crippen molar-refractivity contribution >= 4 is 11.6 Å². The summed E-state index contributed by atoms with van der Waals surface area (Å²) >= 11 is 0. The highest BCUT2D eigenvalue weighted by molar-refractivity contribution is 5.93. The smallest absolute Gasteiger partial charge is 0.228 e. The van der Waals surface area contributed by atoms with E-state index in [0.717, 1.165) is 0 Å². The maximum atomic E-state index is 11.7. The van der Waals surface area contributed by atoms with Gasteiger partial charge in [-0.1, -0.05) is 19.1 Å². The van der Waals surface area contributed by atoms with Crippen LogP contribution in [0.2, 0.25) is 0 Å². The van der Waals surface area contributed by atoms with Crippen LogP contribution in [0.25, 0.3) is 0 Å². The van der Waals surface area contributed by atoms with Gasteiger partial charge in [-0.15, -0.1) is 0 Å². The quantitative estimate of drug-likeness (QED) is 0.795. The van der Waals surface area contributed by atoms with Gasteiger partial charge in [0.05, 0.1) is 12.3 Å². The fraction of sp³-hybridized carbons (Fsp3) is 0.417. The zero-order valence-electron chi connectivity index (χ0n) is 9.69. The number of carbonyl (C=O) groups is 1. The van der Waals surface area contributed by atoms with Gasteiger partial charge in [0.15, 0.2) is 0 Å². The number of anilines is 1. The van der Waals surface area contributed by atoms with Crippen LogP contribution >= 0.6 is 0 Å². The van der Waals surface area contributed by atoms with Gasteiger partial charge in [-0.05, 0) is 19.1 Å². The van der Waals surface area contributed by atoms with E-state index in [0.29, 0.717) is 24.6 Å². The van der Waals surface area contributed by atoms with E-state index >= 15 is 0 Å². The Balaban J connectivity index is 2.76. The molecule has 1 aromatic rings. The summed E-state index contributed by atoms with van der Waals surface area (Å²) in [6.45, 7) is 4.60. The van der Waals surface area contributed by atoms with Gasteiger partial charge in [0.1, 0.15) is 5.75 Å². The zero-order chi connectivity index (χ0) is 12.0. The summed E-state index contributed by atoms with van der Waals surface area (Å²) in [5, 5.41) is 2.80. The molecule has 3 N–H and O–H groups in total. The lowest BCUT2D eigenvalue weighted by atomic mass is 10.1. The number of nitrogens with two attached hydrogens (primary N) is 1. The minimum Gasteiger partial charge on any atom is -0.492 e. The number of hydrogen-bond acceptors (Lipinski definition) is 3. The van der Waals surface area contributed by atoms with E-state index in [1.165, 1.54) is 0 Å². The van der Waals surface area contributed by atoms with Crippen molar-refractivity contribution < 1.29 is 9.53 Å². The lowest BCUT2D eigenvalue weighted by molar-refractivity contribution is -0.119. The van der Waals surface area contributed by atoms with Crippen molar-refractivity contribution in [1.29, 1.82) is 0 Å². The Hall–Kier alpha value is -1.55. The molecular weight excluding hydrogens is 204 g/mol. The van der Waals surface area contributed by atoms with Crippen molar-refractivity contribution in [3.8, 4) is 5.75 Å². The highest BCUT2D eigenvalue weighted by atomic mass is 16.5. The Morgan fingerprint density at radius 3 is 2.81 bits per heavy atom. The van der Waals surface area contributed by atoms with Gasteiger partial charge < -0.3 is 15.8 Å². The Morgan fingerprint density at radius 2 is 2.19 bits per heavy atom. The molecule has 0 aliphatic carbocycles. The fourth-order valence-corrected chi connectivity index (χ4v) is 1.21. The third-order valence-corrected chi connectivity index (χ3v) is 2.25. The van der Waals surface area contributed by atoms with Crippen LogP contribution in [0.15, 0.2) is 24.3 Å². The van der Waals surface area contributed by atoms with Crippen LogP contribution in [0.4, 0.5) is 5.69 Å². The molecule has 0 aromatic heterocycles. The number of ether oxygens (including phenoxy) is 1. The molecule has 0 aliphatic rings. The van der Waals surface area contributed by atoms with Gasteiger partial charge in [0, 0.05) is 12.5 Å². The zero-order valence-corrected chi connectivity index (χ0v) is 9.69. The predicted octanol–water partition coefficient (Wildman–Crippen LogP) is 1.62.